The Labute approximate surface area is 173 Å². The van der Waals surface area contributed by atoms with Crippen molar-refractivity contribution in [1.82, 2.24) is 15.1 Å². The van der Waals surface area contributed by atoms with Crippen molar-refractivity contribution in [2.75, 3.05) is 6.61 Å². The van der Waals surface area contributed by atoms with Crippen molar-refractivity contribution < 1.29 is 27.5 Å². The molecule has 3 aromatic rings. The number of nitrogens with one attached hydrogen (secondary N) is 1. The van der Waals surface area contributed by atoms with E-state index < -0.39 is 47.2 Å². The quantitative estimate of drug-likeness (QED) is 0.583. The zero-order valence-electron chi connectivity index (χ0n) is 16.2. The van der Waals surface area contributed by atoms with Crippen molar-refractivity contribution in [2.45, 2.75) is 18.9 Å². The lowest BCUT2D eigenvalue weighted by Gasteiger charge is -2.20. The number of para-hydroxylation sites is 1. The maximum atomic E-state index is 14.6. The predicted molar refractivity (Wildman–Crippen MR) is 103 cm³/mol. The van der Waals surface area contributed by atoms with Crippen molar-refractivity contribution in [2.24, 2.45) is 0 Å². The zero-order valence-corrected chi connectivity index (χ0v) is 16.2. The summed E-state index contributed by atoms with van der Waals surface area (Å²) in [6.07, 6.45) is 0. The number of carbonyl (C=O) groups excluding carboxylic acids is 1. The number of aliphatic hydroxyl groups is 1. The third kappa shape index (κ3) is 4.48. The Bertz CT molecular complexity index is 1180. The molecule has 0 unspecified atom stereocenters. The van der Waals surface area contributed by atoms with Crippen molar-refractivity contribution in [1.29, 1.82) is 0 Å². The van der Waals surface area contributed by atoms with Crippen LogP contribution in [0, 0.1) is 11.6 Å². The van der Waals surface area contributed by atoms with Gasteiger partial charge in [-0.15, -0.1) is 0 Å². The van der Waals surface area contributed by atoms with Gasteiger partial charge in [0.25, 0.3) is 17.4 Å². The Morgan fingerprint density at radius 1 is 1.13 bits per heavy atom. The minimum atomic E-state index is -3.79. The van der Waals surface area contributed by atoms with Crippen LogP contribution in [0.15, 0.2) is 59.4 Å². The van der Waals surface area contributed by atoms with Crippen LogP contribution in [0.2, 0.25) is 0 Å². The molecule has 0 aliphatic carbocycles. The molecule has 1 atom stereocenters. The summed E-state index contributed by atoms with van der Waals surface area (Å²) in [5, 5.41) is 15.1. The summed E-state index contributed by atoms with van der Waals surface area (Å²) in [4.78, 5) is 24.6. The molecule has 0 fully saturated rings. The van der Waals surface area contributed by atoms with E-state index in [2.05, 4.69) is 10.4 Å². The fourth-order valence-corrected chi connectivity index (χ4v) is 2.93. The van der Waals surface area contributed by atoms with E-state index in [9.17, 15) is 27.2 Å². The van der Waals surface area contributed by atoms with Crippen LogP contribution in [0.4, 0.5) is 17.6 Å². The summed E-state index contributed by atoms with van der Waals surface area (Å²) in [5.41, 5.74) is -2.35. The molecule has 0 saturated carbocycles. The van der Waals surface area contributed by atoms with Gasteiger partial charge in [-0.25, -0.2) is 8.78 Å². The molecule has 31 heavy (non-hydrogen) atoms. The number of hydrogen-bond donors (Lipinski definition) is 2. The Morgan fingerprint density at radius 2 is 1.84 bits per heavy atom. The lowest BCUT2D eigenvalue weighted by atomic mass is 10.0. The Morgan fingerprint density at radius 3 is 2.52 bits per heavy atom. The van der Waals surface area contributed by atoms with Gasteiger partial charge in [-0.1, -0.05) is 24.3 Å². The molecule has 0 spiro atoms. The first-order chi connectivity index (χ1) is 14.7. The highest BCUT2D eigenvalue weighted by Gasteiger charge is 2.35. The molecule has 1 aromatic heterocycles. The first kappa shape index (κ1) is 22.2. The summed E-state index contributed by atoms with van der Waals surface area (Å²) >= 11 is 0. The van der Waals surface area contributed by atoms with Crippen LogP contribution >= 0.6 is 0 Å². The first-order valence-electron chi connectivity index (χ1n) is 9.09. The summed E-state index contributed by atoms with van der Waals surface area (Å²) in [6.45, 7) is -0.209. The third-order valence-electron chi connectivity index (χ3n) is 4.55. The second-order valence-electron chi connectivity index (χ2n) is 6.69. The minimum absolute atomic E-state index is 0.167. The Hall–Kier alpha value is -3.53. The number of rotatable bonds is 6. The molecule has 3 rings (SSSR count). The van der Waals surface area contributed by atoms with Crippen molar-refractivity contribution in [3.05, 3.63) is 93.4 Å². The smallest absolute Gasteiger partial charge is 0.298 e. The molecule has 2 aromatic carbocycles. The summed E-state index contributed by atoms with van der Waals surface area (Å²) in [6, 6.07) is 9.63. The van der Waals surface area contributed by atoms with Gasteiger partial charge in [0.1, 0.15) is 29.6 Å². The van der Waals surface area contributed by atoms with Gasteiger partial charge in [-0.2, -0.15) is 18.6 Å². The van der Waals surface area contributed by atoms with Gasteiger partial charge in [0.2, 0.25) is 0 Å². The van der Waals surface area contributed by atoms with E-state index in [0.717, 1.165) is 24.3 Å². The van der Waals surface area contributed by atoms with E-state index in [1.807, 2.05) is 0 Å². The first-order valence-corrected chi connectivity index (χ1v) is 9.09. The molecule has 6 nitrogen and oxygen atoms in total. The van der Waals surface area contributed by atoms with Gasteiger partial charge in [0, 0.05) is 11.6 Å². The fourth-order valence-electron chi connectivity index (χ4n) is 2.93. The van der Waals surface area contributed by atoms with Crippen LogP contribution in [-0.4, -0.2) is 27.4 Å². The monoisotopic (exact) mass is 435 g/mol. The van der Waals surface area contributed by atoms with Gasteiger partial charge >= 0.3 is 0 Å². The number of aromatic nitrogens is 2. The molecule has 0 radical (unpaired) electrons. The maximum Gasteiger partial charge on any atom is 0.298 e. The predicted octanol–water partition coefficient (Wildman–Crippen LogP) is 3.09. The molecule has 0 saturated heterocycles. The fraction of sp³-hybridized carbons (Fsp3) is 0.190. The third-order valence-corrected chi connectivity index (χ3v) is 4.55. The molecular weight excluding hydrogens is 418 g/mol. The summed E-state index contributed by atoms with van der Waals surface area (Å²) < 4.78 is 56.8. The van der Waals surface area contributed by atoms with Gasteiger partial charge in [0.15, 0.2) is 0 Å². The second-order valence-corrected chi connectivity index (χ2v) is 6.69. The average molecular weight is 435 g/mol. The lowest BCUT2D eigenvalue weighted by molar-refractivity contribution is -0.0584. The molecule has 2 N–H and O–H groups in total. The SMILES string of the molecule is C[C@@H](NC(=O)c1ccc(=O)n(-c2ccccc2F)n1)c1cccc(C(F)(F)CO)c1F. The second kappa shape index (κ2) is 8.68. The van der Waals surface area contributed by atoms with E-state index >= 15 is 0 Å². The highest BCUT2D eigenvalue weighted by molar-refractivity contribution is 5.92. The van der Waals surface area contributed by atoms with Crippen LogP contribution in [0.1, 0.15) is 34.6 Å². The van der Waals surface area contributed by atoms with Crippen LogP contribution in [0.3, 0.4) is 0 Å². The van der Waals surface area contributed by atoms with Crippen molar-refractivity contribution in [3.8, 4) is 5.69 Å². The largest absolute Gasteiger partial charge is 0.390 e. The minimum Gasteiger partial charge on any atom is -0.390 e. The lowest BCUT2D eigenvalue weighted by Crippen LogP contribution is -2.31. The Balaban J connectivity index is 1.89. The molecule has 0 bridgehead atoms. The van der Waals surface area contributed by atoms with E-state index in [-0.39, 0.29) is 16.9 Å². The van der Waals surface area contributed by atoms with E-state index in [0.29, 0.717) is 4.68 Å². The van der Waals surface area contributed by atoms with Crippen molar-refractivity contribution >= 4 is 5.91 Å². The molecule has 1 heterocycles. The van der Waals surface area contributed by atoms with E-state index in [1.54, 1.807) is 0 Å². The van der Waals surface area contributed by atoms with Gasteiger partial charge in [0.05, 0.1) is 11.6 Å². The standard InChI is InChI=1S/C21H17F4N3O3/c1-12(13-5-4-6-14(19(13)23)21(24,25)11-29)26-20(31)16-9-10-18(30)28(27-16)17-8-3-2-7-15(17)22/h2-10,12,29H,11H2,1H3,(H,26,31)/t12-/m1/s1. The number of benzene rings is 2. The molecule has 10 heteroatoms. The highest BCUT2D eigenvalue weighted by Crippen LogP contribution is 2.32. The normalized spacial score (nSPS) is 12.5. The number of alkyl halides is 2. The molecule has 1 amide bonds. The van der Waals surface area contributed by atoms with Crippen LogP contribution < -0.4 is 10.9 Å². The number of nitrogens with zero attached hydrogens (tertiary/aromatic N) is 2. The maximum absolute atomic E-state index is 14.6. The summed E-state index contributed by atoms with van der Waals surface area (Å²) in [7, 11) is 0. The van der Waals surface area contributed by atoms with Crippen LogP contribution in [0.5, 0.6) is 0 Å². The van der Waals surface area contributed by atoms with Gasteiger partial charge < -0.3 is 10.4 Å². The van der Waals surface area contributed by atoms with Gasteiger partial charge in [-0.05, 0) is 31.2 Å². The number of hydrogen-bond acceptors (Lipinski definition) is 4. The molecule has 162 valence electrons. The zero-order chi connectivity index (χ0) is 22.8. The average Bonchev–Trinajstić information content (AvgIpc) is 2.74. The Kier molecular flexibility index (Phi) is 6.21. The highest BCUT2D eigenvalue weighted by atomic mass is 19.3. The molecule has 0 aliphatic rings. The van der Waals surface area contributed by atoms with Crippen LogP contribution in [0.25, 0.3) is 5.69 Å². The van der Waals surface area contributed by atoms with E-state index in [1.165, 1.54) is 37.3 Å². The topological polar surface area (TPSA) is 84.2 Å². The molecular formula is C21H17F4N3O3. The number of aliphatic hydroxyl groups excluding tert-OH is 1. The van der Waals surface area contributed by atoms with E-state index in [4.69, 9.17) is 5.11 Å². The number of carbonyl (C=O) groups is 1. The number of halogens is 4. The molecule has 0 aliphatic heterocycles. The van der Waals surface area contributed by atoms with Gasteiger partial charge in [-0.3, -0.25) is 9.59 Å². The number of amides is 1. The summed E-state index contributed by atoms with van der Waals surface area (Å²) in [5.74, 6) is -6.62. The van der Waals surface area contributed by atoms with Crippen molar-refractivity contribution in [3.63, 3.8) is 0 Å². The van der Waals surface area contributed by atoms with Crippen LogP contribution in [-0.2, 0) is 5.92 Å².